The minimum atomic E-state index is -0.188. The van der Waals surface area contributed by atoms with E-state index < -0.39 is 0 Å². The summed E-state index contributed by atoms with van der Waals surface area (Å²) in [4.78, 5) is 11.0. The second kappa shape index (κ2) is 6.83. The van der Waals surface area contributed by atoms with Crippen molar-refractivity contribution in [1.29, 1.82) is 0 Å². The van der Waals surface area contributed by atoms with Gasteiger partial charge in [0.15, 0.2) is 0 Å². The molecule has 2 atom stereocenters. The lowest BCUT2D eigenvalue weighted by molar-refractivity contribution is -0.153. The average molecular weight is 214 g/mol. The van der Waals surface area contributed by atoms with Gasteiger partial charge in [-0.25, -0.2) is 0 Å². The zero-order chi connectivity index (χ0) is 11.1. The topological polar surface area (TPSA) is 35.5 Å². The third-order valence-electron chi connectivity index (χ3n) is 2.79. The second-order valence-corrected chi connectivity index (χ2v) is 4.20. The number of esters is 1. The molecule has 0 aromatic heterocycles. The van der Waals surface area contributed by atoms with Crippen molar-refractivity contribution in [3.05, 3.63) is 0 Å². The van der Waals surface area contributed by atoms with Crippen LogP contribution in [0.3, 0.4) is 0 Å². The Kier molecular flexibility index (Phi) is 5.69. The second-order valence-electron chi connectivity index (χ2n) is 4.20. The zero-order valence-corrected chi connectivity index (χ0v) is 9.83. The lowest BCUT2D eigenvalue weighted by atomic mass is 10.0. The van der Waals surface area contributed by atoms with Gasteiger partial charge in [0.1, 0.15) is 6.10 Å². The molecule has 0 amide bonds. The molecule has 88 valence electrons. The molecule has 3 nitrogen and oxygen atoms in total. The van der Waals surface area contributed by atoms with Gasteiger partial charge < -0.3 is 9.47 Å². The van der Waals surface area contributed by atoms with Gasteiger partial charge in [-0.05, 0) is 25.7 Å². The van der Waals surface area contributed by atoms with Crippen molar-refractivity contribution in [1.82, 2.24) is 0 Å². The van der Waals surface area contributed by atoms with Gasteiger partial charge in [0.25, 0.3) is 0 Å². The Hall–Kier alpha value is -0.570. The fraction of sp³-hybridized carbons (Fsp3) is 0.917. The first kappa shape index (κ1) is 12.5. The number of hydrogen-bond donors (Lipinski definition) is 0. The molecule has 1 fully saturated rings. The van der Waals surface area contributed by atoms with Crippen LogP contribution < -0.4 is 0 Å². The maximum absolute atomic E-state index is 11.0. The summed E-state index contributed by atoms with van der Waals surface area (Å²) in [6, 6.07) is 0. The molecule has 0 unspecified atom stereocenters. The number of ether oxygens (including phenoxy) is 2. The molecule has 0 bridgehead atoms. The lowest BCUT2D eigenvalue weighted by Gasteiger charge is -2.22. The quantitative estimate of drug-likeness (QED) is 0.503. The molecule has 1 aliphatic heterocycles. The van der Waals surface area contributed by atoms with Gasteiger partial charge >= 0.3 is 5.97 Å². The highest BCUT2D eigenvalue weighted by Gasteiger charge is 2.27. The molecule has 0 saturated carbocycles. The Morgan fingerprint density at radius 1 is 1.53 bits per heavy atom. The summed E-state index contributed by atoms with van der Waals surface area (Å²) in [5.41, 5.74) is 0. The highest BCUT2D eigenvalue weighted by molar-refractivity contribution is 5.66. The summed E-state index contributed by atoms with van der Waals surface area (Å²) >= 11 is 0. The van der Waals surface area contributed by atoms with Crippen LogP contribution >= 0.6 is 0 Å². The van der Waals surface area contributed by atoms with Crippen molar-refractivity contribution in [2.75, 3.05) is 6.61 Å². The van der Waals surface area contributed by atoms with Crippen LogP contribution in [0.2, 0.25) is 0 Å². The maximum Gasteiger partial charge on any atom is 0.302 e. The average Bonchev–Trinajstić information content (AvgIpc) is 2.68. The van der Waals surface area contributed by atoms with Crippen LogP contribution in [0.4, 0.5) is 0 Å². The Labute approximate surface area is 92.1 Å². The Balaban J connectivity index is 2.33. The minimum Gasteiger partial charge on any atom is -0.460 e. The first-order valence-corrected chi connectivity index (χ1v) is 6.03. The molecule has 1 heterocycles. The molecule has 0 N–H and O–H groups in total. The summed E-state index contributed by atoms with van der Waals surface area (Å²) < 4.78 is 10.9. The standard InChI is InChI=1S/C12H22O3/c1-3-4-5-7-12(15-10(2)13)11-8-6-9-14-11/h11-12H,3-9H2,1-2H3/t11-,12+/m1/s1. The van der Waals surface area contributed by atoms with Crippen LogP contribution in [-0.2, 0) is 14.3 Å². The van der Waals surface area contributed by atoms with E-state index in [0.29, 0.717) is 0 Å². The molecule has 0 radical (unpaired) electrons. The molecule has 1 aliphatic rings. The van der Waals surface area contributed by atoms with Crippen molar-refractivity contribution >= 4 is 5.97 Å². The largest absolute Gasteiger partial charge is 0.460 e. The first-order chi connectivity index (χ1) is 7.24. The lowest BCUT2D eigenvalue weighted by Crippen LogP contribution is -2.30. The van der Waals surface area contributed by atoms with E-state index in [9.17, 15) is 4.79 Å². The summed E-state index contributed by atoms with van der Waals surface area (Å²) in [6.07, 6.45) is 6.71. The summed E-state index contributed by atoms with van der Waals surface area (Å²) in [5.74, 6) is -0.188. The highest BCUT2D eigenvalue weighted by Crippen LogP contribution is 2.22. The molecular weight excluding hydrogens is 192 g/mol. The predicted octanol–water partition coefficient (Wildman–Crippen LogP) is 2.68. The fourth-order valence-electron chi connectivity index (χ4n) is 2.03. The van der Waals surface area contributed by atoms with E-state index in [1.54, 1.807) is 0 Å². The van der Waals surface area contributed by atoms with Gasteiger partial charge in [-0.1, -0.05) is 19.8 Å². The smallest absolute Gasteiger partial charge is 0.302 e. The van der Waals surface area contributed by atoms with Crippen molar-refractivity contribution < 1.29 is 14.3 Å². The van der Waals surface area contributed by atoms with E-state index in [0.717, 1.165) is 32.3 Å². The number of rotatable bonds is 6. The fourth-order valence-corrected chi connectivity index (χ4v) is 2.03. The molecule has 0 aromatic carbocycles. The van der Waals surface area contributed by atoms with Crippen LogP contribution in [0.5, 0.6) is 0 Å². The molecule has 0 aliphatic carbocycles. The number of hydrogen-bond acceptors (Lipinski definition) is 3. The van der Waals surface area contributed by atoms with Gasteiger partial charge in [-0.3, -0.25) is 4.79 Å². The Morgan fingerprint density at radius 2 is 2.33 bits per heavy atom. The Morgan fingerprint density at radius 3 is 2.87 bits per heavy atom. The molecule has 3 heteroatoms. The van der Waals surface area contributed by atoms with Crippen molar-refractivity contribution in [2.45, 2.75) is 64.6 Å². The predicted molar refractivity (Wildman–Crippen MR) is 58.7 cm³/mol. The molecule has 1 rings (SSSR count). The SMILES string of the molecule is CCCCC[C@H](OC(C)=O)[C@H]1CCCO1. The van der Waals surface area contributed by atoms with Crippen LogP contribution in [-0.4, -0.2) is 24.8 Å². The van der Waals surface area contributed by atoms with E-state index in [4.69, 9.17) is 9.47 Å². The van der Waals surface area contributed by atoms with Gasteiger partial charge in [-0.2, -0.15) is 0 Å². The molecule has 0 aromatic rings. The number of carbonyl (C=O) groups is 1. The summed E-state index contributed by atoms with van der Waals surface area (Å²) in [7, 11) is 0. The Bertz CT molecular complexity index is 185. The van der Waals surface area contributed by atoms with E-state index in [-0.39, 0.29) is 18.2 Å². The monoisotopic (exact) mass is 214 g/mol. The van der Waals surface area contributed by atoms with Crippen LogP contribution in [0.1, 0.15) is 52.4 Å². The number of carbonyl (C=O) groups excluding carboxylic acids is 1. The third kappa shape index (κ3) is 4.65. The van der Waals surface area contributed by atoms with Gasteiger partial charge in [-0.15, -0.1) is 0 Å². The number of unbranched alkanes of at least 4 members (excludes halogenated alkanes) is 2. The van der Waals surface area contributed by atoms with E-state index in [1.807, 2.05) is 0 Å². The van der Waals surface area contributed by atoms with Crippen LogP contribution in [0.15, 0.2) is 0 Å². The van der Waals surface area contributed by atoms with Gasteiger partial charge in [0.05, 0.1) is 6.10 Å². The van der Waals surface area contributed by atoms with Crippen LogP contribution in [0, 0.1) is 0 Å². The summed E-state index contributed by atoms with van der Waals surface area (Å²) in [6.45, 7) is 4.46. The van der Waals surface area contributed by atoms with Gasteiger partial charge in [0.2, 0.25) is 0 Å². The van der Waals surface area contributed by atoms with Crippen molar-refractivity contribution in [3.63, 3.8) is 0 Å². The first-order valence-electron chi connectivity index (χ1n) is 6.03. The highest BCUT2D eigenvalue weighted by atomic mass is 16.6. The van der Waals surface area contributed by atoms with Crippen LogP contribution in [0.25, 0.3) is 0 Å². The molecule has 0 spiro atoms. The molecule has 1 saturated heterocycles. The van der Waals surface area contributed by atoms with E-state index in [1.165, 1.54) is 19.8 Å². The normalized spacial score (nSPS) is 22.7. The summed E-state index contributed by atoms with van der Waals surface area (Å²) in [5, 5.41) is 0. The zero-order valence-electron chi connectivity index (χ0n) is 9.83. The maximum atomic E-state index is 11.0. The minimum absolute atomic E-state index is 0.0171. The molecule has 15 heavy (non-hydrogen) atoms. The van der Waals surface area contributed by atoms with Gasteiger partial charge in [0, 0.05) is 13.5 Å². The van der Waals surface area contributed by atoms with E-state index >= 15 is 0 Å². The van der Waals surface area contributed by atoms with Crippen molar-refractivity contribution in [2.24, 2.45) is 0 Å². The van der Waals surface area contributed by atoms with Crippen molar-refractivity contribution in [3.8, 4) is 0 Å². The third-order valence-corrected chi connectivity index (χ3v) is 2.79. The molecular formula is C12H22O3. The van der Waals surface area contributed by atoms with E-state index in [2.05, 4.69) is 6.92 Å².